The van der Waals surface area contributed by atoms with E-state index < -0.39 is 0 Å². The number of aryl methyl sites for hydroxylation is 1. The van der Waals surface area contributed by atoms with Crippen molar-refractivity contribution in [2.24, 2.45) is 7.05 Å². The molecule has 0 atom stereocenters. The third-order valence-corrected chi connectivity index (χ3v) is 2.08. The lowest BCUT2D eigenvalue weighted by molar-refractivity contribution is 0.295. The molecule has 2 rings (SSSR count). The highest BCUT2D eigenvalue weighted by Crippen LogP contribution is 2.27. The van der Waals surface area contributed by atoms with E-state index in [1.807, 2.05) is 13.8 Å². The summed E-state index contributed by atoms with van der Waals surface area (Å²) in [4.78, 5) is 4.08. The molecule has 6 nitrogen and oxygen atoms in total. The van der Waals surface area contributed by atoms with Gasteiger partial charge in [0.25, 0.3) is 5.88 Å². The van der Waals surface area contributed by atoms with Crippen LogP contribution in [0.3, 0.4) is 0 Å². The van der Waals surface area contributed by atoms with E-state index in [4.69, 9.17) is 9.26 Å². The fourth-order valence-corrected chi connectivity index (χ4v) is 1.30. The van der Waals surface area contributed by atoms with E-state index in [1.54, 1.807) is 11.7 Å². The molecule has 15 heavy (non-hydrogen) atoms. The minimum atomic E-state index is 0.510. The topological polar surface area (TPSA) is 66.0 Å². The van der Waals surface area contributed by atoms with Crippen molar-refractivity contribution in [2.75, 3.05) is 6.61 Å². The molecular formula is C9H12N4O2. The van der Waals surface area contributed by atoms with Crippen molar-refractivity contribution in [3.63, 3.8) is 0 Å². The van der Waals surface area contributed by atoms with E-state index in [-0.39, 0.29) is 0 Å². The van der Waals surface area contributed by atoms with E-state index in [0.29, 0.717) is 24.1 Å². The molecule has 0 aliphatic rings. The average molecular weight is 208 g/mol. The summed E-state index contributed by atoms with van der Waals surface area (Å²) in [6.07, 6.45) is 1.47. The number of aromatic nitrogens is 4. The molecule has 6 heteroatoms. The number of hydrogen-bond acceptors (Lipinski definition) is 5. The summed E-state index contributed by atoms with van der Waals surface area (Å²) >= 11 is 0. The Bertz CT molecular complexity index is 460. The summed E-state index contributed by atoms with van der Waals surface area (Å²) < 4.78 is 12.1. The van der Waals surface area contributed by atoms with E-state index >= 15 is 0 Å². The summed E-state index contributed by atoms with van der Waals surface area (Å²) in [5.74, 6) is 1.75. The largest absolute Gasteiger partial charge is 0.476 e. The number of hydrogen-bond donors (Lipinski definition) is 0. The van der Waals surface area contributed by atoms with Crippen molar-refractivity contribution in [3.8, 4) is 17.5 Å². The normalized spacial score (nSPS) is 10.6. The fourth-order valence-electron chi connectivity index (χ4n) is 1.30. The van der Waals surface area contributed by atoms with Crippen LogP contribution in [-0.2, 0) is 7.05 Å². The lowest BCUT2D eigenvalue weighted by atomic mass is 10.2. The molecular weight excluding hydrogens is 196 g/mol. The van der Waals surface area contributed by atoms with Crippen molar-refractivity contribution < 1.29 is 9.26 Å². The van der Waals surface area contributed by atoms with Crippen molar-refractivity contribution in [1.82, 2.24) is 19.9 Å². The Labute approximate surface area is 86.9 Å². The van der Waals surface area contributed by atoms with Gasteiger partial charge < -0.3 is 9.26 Å². The maximum Gasteiger partial charge on any atom is 0.257 e. The van der Waals surface area contributed by atoms with Crippen molar-refractivity contribution in [3.05, 3.63) is 11.9 Å². The summed E-state index contributed by atoms with van der Waals surface area (Å²) in [6.45, 7) is 4.34. The third-order valence-electron chi connectivity index (χ3n) is 2.08. The third kappa shape index (κ3) is 1.58. The monoisotopic (exact) mass is 208 g/mol. The molecule has 0 bridgehead atoms. The van der Waals surface area contributed by atoms with Gasteiger partial charge in [0.2, 0.25) is 5.76 Å². The SMILES string of the molecule is CCOc1noc(-c2ncnn2C)c1C. The minimum Gasteiger partial charge on any atom is -0.476 e. The van der Waals surface area contributed by atoms with Crippen LogP contribution < -0.4 is 4.74 Å². The Morgan fingerprint density at radius 2 is 2.33 bits per heavy atom. The van der Waals surface area contributed by atoms with E-state index in [1.165, 1.54) is 6.33 Å². The fraction of sp³-hybridized carbons (Fsp3) is 0.444. The minimum absolute atomic E-state index is 0.510. The molecule has 0 N–H and O–H groups in total. The summed E-state index contributed by atoms with van der Waals surface area (Å²) in [7, 11) is 1.80. The Kier molecular flexibility index (Phi) is 2.40. The first kappa shape index (κ1) is 9.70. The molecule has 2 heterocycles. The van der Waals surface area contributed by atoms with Crippen LogP contribution in [0.4, 0.5) is 0 Å². The van der Waals surface area contributed by atoms with Crippen LogP contribution in [0.25, 0.3) is 11.6 Å². The first-order valence-corrected chi connectivity index (χ1v) is 4.67. The summed E-state index contributed by atoms with van der Waals surface area (Å²) in [5.41, 5.74) is 0.841. The molecule has 0 saturated carbocycles. The Morgan fingerprint density at radius 1 is 1.53 bits per heavy atom. The molecule has 80 valence electrons. The van der Waals surface area contributed by atoms with E-state index in [2.05, 4.69) is 15.2 Å². The molecule has 0 aliphatic carbocycles. The second kappa shape index (κ2) is 3.72. The molecule has 2 aromatic heterocycles. The van der Waals surface area contributed by atoms with Crippen LogP contribution in [0.1, 0.15) is 12.5 Å². The van der Waals surface area contributed by atoms with Crippen molar-refractivity contribution in [1.29, 1.82) is 0 Å². The summed E-state index contributed by atoms with van der Waals surface area (Å²) in [5, 5.41) is 7.79. The molecule has 0 aromatic carbocycles. The molecule has 0 spiro atoms. The zero-order valence-electron chi connectivity index (χ0n) is 8.89. The first-order valence-electron chi connectivity index (χ1n) is 4.67. The second-order valence-electron chi connectivity index (χ2n) is 3.08. The second-order valence-corrected chi connectivity index (χ2v) is 3.08. The highest BCUT2D eigenvalue weighted by atomic mass is 16.5. The van der Waals surface area contributed by atoms with Gasteiger partial charge in [0.1, 0.15) is 6.33 Å². The van der Waals surface area contributed by atoms with Gasteiger partial charge in [-0.1, -0.05) is 0 Å². The lowest BCUT2D eigenvalue weighted by Gasteiger charge is -1.97. The number of nitrogens with zero attached hydrogens (tertiary/aromatic N) is 4. The highest BCUT2D eigenvalue weighted by Gasteiger charge is 2.18. The van der Waals surface area contributed by atoms with Gasteiger partial charge in [0.05, 0.1) is 12.2 Å². The Morgan fingerprint density at radius 3 is 2.93 bits per heavy atom. The van der Waals surface area contributed by atoms with Crippen LogP contribution >= 0.6 is 0 Å². The number of ether oxygens (including phenoxy) is 1. The molecule has 0 saturated heterocycles. The van der Waals surface area contributed by atoms with E-state index in [9.17, 15) is 0 Å². The average Bonchev–Trinajstić information content (AvgIpc) is 2.76. The zero-order chi connectivity index (χ0) is 10.8. The molecule has 0 amide bonds. The van der Waals surface area contributed by atoms with Gasteiger partial charge in [0.15, 0.2) is 5.82 Å². The lowest BCUT2D eigenvalue weighted by Crippen LogP contribution is -1.95. The van der Waals surface area contributed by atoms with Gasteiger partial charge in [-0.05, 0) is 19.0 Å². The van der Waals surface area contributed by atoms with Gasteiger partial charge in [-0.25, -0.2) is 9.67 Å². The molecule has 0 fully saturated rings. The van der Waals surface area contributed by atoms with Crippen LogP contribution in [0.5, 0.6) is 5.88 Å². The zero-order valence-corrected chi connectivity index (χ0v) is 8.89. The predicted molar refractivity (Wildman–Crippen MR) is 52.4 cm³/mol. The maximum atomic E-state index is 5.29. The highest BCUT2D eigenvalue weighted by molar-refractivity contribution is 5.54. The van der Waals surface area contributed by atoms with Gasteiger partial charge in [0, 0.05) is 7.05 Å². The van der Waals surface area contributed by atoms with Gasteiger partial charge in [-0.15, -0.1) is 0 Å². The number of rotatable bonds is 3. The van der Waals surface area contributed by atoms with Gasteiger partial charge >= 0.3 is 0 Å². The standard InChI is InChI=1S/C9H12N4O2/c1-4-14-9-6(2)7(15-12-9)8-10-5-11-13(8)3/h5H,4H2,1-3H3. The van der Waals surface area contributed by atoms with E-state index in [0.717, 1.165) is 5.56 Å². The first-order chi connectivity index (χ1) is 7.24. The quantitative estimate of drug-likeness (QED) is 0.757. The van der Waals surface area contributed by atoms with Crippen molar-refractivity contribution in [2.45, 2.75) is 13.8 Å². The van der Waals surface area contributed by atoms with Crippen LogP contribution in [-0.4, -0.2) is 26.5 Å². The smallest absolute Gasteiger partial charge is 0.257 e. The Balaban J connectivity index is 2.42. The molecule has 0 unspecified atom stereocenters. The molecule has 0 radical (unpaired) electrons. The molecule has 2 aromatic rings. The van der Waals surface area contributed by atoms with Crippen LogP contribution in [0.2, 0.25) is 0 Å². The summed E-state index contributed by atoms with van der Waals surface area (Å²) in [6, 6.07) is 0. The predicted octanol–water partition coefficient (Wildman–Crippen LogP) is 1.18. The van der Waals surface area contributed by atoms with Gasteiger partial charge in [-0.2, -0.15) is 5.10 Å². The Hall–Kier alpha value is -1.85. The van der Waals surface area contributed by atoms with Crippen LogP contribution in [0, 0.1) is 6.92 Å². The van der Waals surface area contributed by atoms with Crippen molar-refractivity contribution >= 4 is 0 Å². The maximum absolute atomic E-state index is 5.29. The molecule has 0 aliphatic heterocycles. The van der Waals surface area contributed by atoms with Crippen LogP contribution in [0.15, 0.2) is 10.9 Å². The van der Waals surface area contributed by atoms with Gasteiger partial charge in [-0.3, -0.25) is 0 Å².